The van der Waals surface area contributed by atoms with Gasteiger partial charge in [-0.3, -0.25) is 0 Å². The molecule has 110 valence electrons. The normalized spacial score (nSPS) is 17.3. The molecule has 1 heterocycles. The molecule has 0 fully saturated rings. The van der Waals surface area contributed by atoms with Crippen LogP contribution in [0.1, 0.15) is 11.6 Å². The highest BCUT2D eigenvalue weighted by Crippen LogP contribution is 2.33. The summed E-state index contributed by atoms with van der Waals surface area (Å²) in [6, 6.07) is 11.6. The second kappa shape index (κ2) is 5.32. The highest BCUT2D eigenvalue weighted by molar-refractivity contribution is 9.10. The molecule has 3 N–H and O–H groups in total. The zero-order valence-electron chi connectivity index (χ0n) is 10.9. The smallest absolute Gasteiger partial charge is 0.243 e. The monoisotopic (exact) mass is 368 g/mol. The SMILES string of the molecule is Nc1cc(Br)ccc1S(=O)(=O)NC1COc2ccccc21. The zero-order valence-corrected chi connectivity index (χ0v) is 13.3. The molecule has 0 saturated carbocycles. The number of rotatable bonds is 3. The lowest BCUT2D eigenvalue weighted by Crippen LogP contribution is -2.30. The maximum atomic E-state index is 12.5. The van der Waals surface area contributed by atoms with Gasteiger partial charge < -0.3 is 10.5 Å². The summed E-state index contributed by atoms with van der Waals surface area (Å²) in [5.74, 6) is 0.703. The van der Waals surface area contributed by atoms with Crippen LogP contribution in [0, 0.1) is 0 Å². The van der Waals surface area contributed by atoms with Gasteiger partial charge in [-0.05, 0) is 24.3 Å². The van der Waals surface area contributed by atoms with Gasteiger partial charge in [-0.1, -0.05) is 34.1 Å². The summed E-state index contributed by atoms with van der Waals surface area (Å²) >= 11 is 3.26. The van der Waals surface area contributed by atoms with E-state index in [-0.39, 0.29) is 17.2 Å². The van der Waals surface area contributed by atoms with Gasteiger partial charge in [0.05, 0.1) is 11.7 Å². The van der Waals surface area contributed by atoms with Crippen LogP contribution >= 0.6 is 15.9 Å². The third kappa shape index (κ3) is 2.76. The van der Waals surface area contributed by atoms with Crippen LogP contribution < -0.4 is 15.2 Å². The lowest BCUT2D eigenvalue weighted by Gasteiger charge is -2.14. The number of hydrogen-bond donors (Lipinski definition) is 2. The molecule has 0 aromatic heterocycles. The number of halogens is 1. The number of sulfonamides is 1. The Bertz CT molecular complexity index is 793. The van der Waals surface area contributed by atoms with E-state index >= 15 is 0 Å². The second-order valence-electron chi connectivity index (χ2n) is 4.70. The van der Waals surface area contributed by atoms with Crippen LogP contribution in [0.3, 0.4) is 0 Å². The van der Waals surface area contributed by atoms with Crippen molar-refractivity contribution >= 4 is 31.6 Å². The third-order valence-electron chi connectivity index (χ3n) is 3.26. The van der Waals surface area contributed by atoms with Gasteiger partial charge in [0.1, 0.15) is 17.3 Å². The summed E-state index contributed by atoms with van der Waals surface area (Å²) in [7, 11) is -3.71. The second-order valence-corrected chi connectivity index (χ2v) is 7.30. The van der Waals surface area contributed by atoms with Crippen molar-refractivity contribution in [3.05, 3.63) is 52.5 Å². The molecule has 5 nitrogen and oxygen atoms in total. The fourth-order valence-electron chi connectivity index (χ4n) is 2.28. The minimum absolute atomic E-state index is 0.0649. The number of ether oxygens (including phenoxy) is 1. The molecule has 3 rings (SSSR count). The quantitative estimate of drug-likeness (QED) is 0.815. The summed E-state index contributed by atoms with van der Waals surface area (Å²) in [5, 5.41) is 0. The largest absolute Gasteiger partial charge is 0.491 e. The Hall–Kier alpha value is -1.57. The number of para-hydroxylation sites is 1. The molecule has 0 spiro atoms. The number of nitrogen functional groups attached to an aromatic ring is 1. The predicted octanol–water partition coefficient (Wildman–Crippen LogP) is 2.44. The third-order valence-corrected chi connectivity index (χ3v) is 5.30. The van der Waals surface area contributed by atoms with Crippen LogP contribution in [-0.2, 0) is 10.0 Å². The predicted molar refractivity (Wildman–Crippen MR) is 83.6 cm³/mol. The Morgan fingerprint density at radius 2 is 2.00 bits per heavy atom. The maximum Gasteiger partial charge on any atom is 0.243 e. The fraction of sp³-hybridized carbons (Fsp3) is 0.143. The molecule has 0 bridgehead atoms. The van der Waals surface area contributed by atoms with Crippen LogP contribution in [0.5, 0.6) is 5.75 Å². The van der Waals surface area contributed by atoms with Gasteiger partial charge in [-0.15, -0.1) is 0 Å². The van der Waals surface area contributed by atoms with Crippen LogP contribution in [0.2, 0.25) is 0 Å². The molecule has 0 saturated heterocycles. The highest BCUT2D eigenvalue weighted by Gasteiger charge is 2.29. The summed E-state index contributed by atoms with van der Waals surface area (Å²) < 4.78 is 33.8. The Morgan fingerprint density at radius 1 is 1.24 bits per heavy atom. The zero-order chi connectivity index (χ0) is 15.0. The van der Waals surface area contributed by atoms with Gasteiger partial charge in [-0.25, -0.2) is 8.42 Å². The first-order valence-corrected chi connectivity index (χ1v) is 8.54. The average Bonchev–Trinajstić information content (AvgIpc) is 2.81. The molecule has 7 heteroatoms. The van der Waals surface area contributed by atoms with Crippen molar-refractivity contribution < 1.29 is 13.2 Å². The number of fused-ring (bicyclic) bond motifs is 1. The molecule has 0 aliphatic carbocycles. The van der Waals surface area contributed by atoms with Crippen molar-refractivity contribution in [2.45, 2.75) is 10.9 Å². The van der Waals surface area contributed by atoms with Gasteiger partial charge in [0.2, 0.25) is 10.0 Å². The summed E-state index contributed by atoms with van der Waals surface area (Å²) in [6.45, 7) is 0.273. The van der Waals surface area contributed by atoms with Crippen molar-refractivity contribution in [1.29, 1.82) is 0 Å². The van der Waals surface area contributed by atoms with E-state index in [2.05, 4.69) is 20.7 Å². The standard InChI is InChI=1S/C14H13BrN2O3S/c15-9-5-6-14(11(16)7-9)21(18,19)17-12-8-20-13-4-2-1-3-10(12)13/h1-7,12,17H,8,16H2. The van der Waals surface area contributed by atoms with E-state index in [0.29, 0.717) is 5.75 Å². The summed E-state index contributed by atoms with van der Waals surface area (Å²) in [5.41, 5.74) is 6.82. The molecule has 1 unspecified atom stereocenters. The average molecular weight is 369 g/mol. The van der Waals surface area contributed by atoms with E-state index in [1.165, 1.54) is 6.07 Å². The number of nitrogens with two attached hydrogens (primary N) is 1. The van der Waals surface area contributed by atoms with Gasteiger partial charge in [0.25, 0.3) is 0 Å². The molecule has 1 aliphatic heterocycles. The Morgan fingerprint density at radius 3 is 2.76 bits per heavy atom. The first-order valence-electron chi connectivity index (χ1n) is 6.26. The molecule has 2 aromatic rings. The molecular weight excluding hydrogens is 356 g/mol. The molecule has 0 radical (unpaired) electrons. The van der Waals surface area contributed by atoms with Gasteiger partial charge in [0.15, 0.2) is 0 Å². The van der Waals surface area contributed by atoms with Crippen molar-refractivity contribution in [3.63, 3.8) is 0 Å². The molecule has 21 heavy (non-hydrogen) atoms. The Labute approximate surface area is 131 Å². The van der Waals surface area contributed by atoms with Crippen LogP contribution in [0.15, 0.2) is 51.8 Å². The van der Waals surface area contributed by atoms with E-state index in [0.717, 1.165) is 10.0 Å². The number of hydrogen-bond acceptors (Lipinski definition) is 4. The van der Waals surface area contributed by atoms with E-state index < -0.39 is 16.1 Å². The summed E-state index contributed by atoms with van der Waals surface area (Å²) in [4.78, 5) is 0.0649. The van der Waals surface area contributed by atoms with Crippen molar-refractivity contribution in [2.75, 3.05) is 12.3 Å². The van der Waals surface area contributed by atoms with Gasteiger partial charge in [0, 0.05) is 10.0 Å². The van der Waals surface area contributed by atoms with Crippen LogP contribution in [0.25, 0.3) is 0 Å². The van der Waals surface area contributed by atoms with E-state index in [1.54, 1.807) is 12.1 Å². The minimum Gasteiger partial charge on any atom is -0.491 e. The highest BCUT2D eigenvalue weighted by atomic mass is 79.9. The number of anilines is 1. The first kappa shape index (κ1) is 14.4. The van der Waals surface area contributed by atoms with E-state index in [4.69, 9.17) is 10.5 Å². The Kier molecular flexibility index (Phi) is 3.64. The van der Waals surface area contributed by atoms with Crippen molar-refractivity contribution in [3.8, 4) is 5.75 Å². The van der Waals surface area contributed by atoms with E-state index in [1.807, 2.05) is 24.3 Å². The number of benzene rings is 2. The lowest BCUT2D eigenvalue weighted by molar-refractivity contribution is 0.325. The molecule has 1 atom stereocenters. The Balaban J connectivity index is 1.91. The maximum absolute atomic E-state index is 12.5. The van der Waals surface area contributed by atoms with Crippen LogP contribution in [0.4, 0.5) is 5.69 Å². The molecule has 1 aliphatic rings. The topological polar surface area (TPSA) is 81.4 Å². The van der Waals surface area contributed by atoms with Crippen LogP contribution in [-0.4, -0.2) is 15.0 Å². The van der Waals surface area contributed by atoms with E-state index in [9.17, 15) is 8.42 Å². The molecule has 2 aromatic carbocycles. The van der Waals surface area contributed by atoms with Gasteiger partial charge >= 0.3 is 0 Å². The molecular formula is C14H13BrN2O3S. The lowest BCUT2D eigenvalue weighted by atomic mass is 10.1. The fourth-order valence-corrected chi connectivity index (χ4v) is 3.97. The van der Waals surface area contributed by atoms with Crippen molar-refractivity contribution in [2.24, 2.45) is 0 Å². The van der Waals surface area contributed by atoms with Crippen molar-refractivity contribution in [1.82, 2.24) is 4.72 Å². The minimum atomic E-state index is -3.71. The van der Waals surface area contributed by atoms with Gasteiger partial charge in [-0.2, -0.15) is 4.72 Å². The summed E-state index contributed by atoms with van der Waals surface area (Å²) in [6.07, 6.45) is 0. The molecule has 0 amide bonds. The number of nitrogens with one attached hydrogen (secondary N) is 1. The first-order chi connectivity index (χ1) is 9.97.